The van der Waals surface area contributed by atoms with E-state index in [2.05, 4.69) is 18.9 Å². The van der Waals surface area contributed by atoms with Crippen LogP contribution in [0.15, 0.2) is 0 Å². The van der Waals surface area contributed by atoms with Crippen molar-refractivity contribution in [2.45, 2.75) is 86.6 Å². The van der Waals surface area contributed by atoms with Gasteiger partial charge in [-0.1, -0.05) is 27.7 Å². The highest BCUT2D eigenvalue weighted by Gasteiger charge is 2.39. The van der Waals surface area contributed by atoms with Crippen molar-refractivity contribution in [3.63, 3.8) is 0 Å². The summed E-state index contributed by atoms with van der Waals surface area (Å²) in [6.45, 7) is 9.24. The lowest BCUT2D eigenvalue weighted by molar-refractivity contribution is -0.185. The van der Waals surface area contributed by atoms with Crippen molar-refractivity contribution in [1.29, 1.82) is 0 Å². The van der Waals surface area contributed by atoms with Crippen LogP contribution in [-0.4, -0.2) is 114 Å². The zero-order chi connectivity index (χ0) is 35.2. The molecule has 0 saturated heterocycles. The molecule has 0 aromatic heterocycles. The Balaban J connectivity index is 4.85. The van der Waals surface area contributed by atoms with Crippen LogP contribution in [0.3, 0.4) is 0 Å². The quantitative estimate of drug-likeness (QED) is 0.0778. The Morgan fingerprint density at radius 2 is 0.933 bits per heavy atom. The Kier molecular flexibility index (Phi) is 17.3. The molecule has 2 N–H and O–H groups in total. The topological polar surface area (TPSA) is 251 Å². The van der Waals surface area contributed by atoms with Crippen molar-refractivity contribution < 1.29 is 83.0 Å². The van der Waals surface area contributed by atoms with E-state index in [1.807, 2.05) is 0 Å². The first-order chi connectivity index (χ1) is 20.5. The lowest BCUT2D eigenvalue weighted by Gasteiger charge is -2.29. The highest BCUT2D eigenvalue weighted by Crippen LogP contribution is 2.25. The monoisotopic (exact) mass is 696 g/mol. The maximum absolute atomic E-state index is 12.3. The van der Waals surface area contributed by atoms with Crippen molar-refractivity contribution in [1.82, 2.24) is 0 Å². The summed E-state index contributed by atoms with van der Waals surface area (Å²) in [6.07, 6.45) is -9.34. The van der Waals surface area contributed by atoms with Crippen molar-refractivity contribution >= 4 is 44.5 Å². The molecule has 0 aromatic rings. The molecule has 0 radical (unpaired) electrons. The smallest absolute Gasteiger partial charge is 0.435 e. The van der Waals surface area contributed by atoms with Gasteiger partial charge in [-0.05, 0) is 20.3 Å². The predicted molar refractivity (Wildman–Crippen MR) is 151 cm³/mol. The Hall–Kier alpha value is -2.78. The van der Waals surface area contributed by atoms with E-state index in [1.165, 1.54) is 55.4 Å². The van der Waals surface area contributed by atoms with Gasteiger partial charge in [-0.2, -0.15) is 16.8 Å². The minimum atomic E-state index is -4.35. The molecule has 0 fully saturated rings. The van der Waals surface area contributed by atoms with Crippen LogP contribution in [0.4, 0.5) is 9.59 Å². The van der Waals surface area contributed by atoms with Gasteiger partial charge in [0.1, 0.15) is 0 Å². The predicted octanol–water partition coefficient (Wildman–Crippen LogP) is 0.968. The van der Waals surface area contributed by atoms with Crippen molar-refractivity contribution in [2.24, 2.45) is 10.8 Å². The summed E-state index contributed by atoms with van der Waals surface area (Å²) in [6, 6.07) is 0. The average molecular weight is 697 g/mol. The average Bonchev–Trinajstić information content (AvgIpc) is 2.89. The number of carbonyl (C=O) groups is 4. The minimum Gasteiger partial charge on any atom is -0.435 e. The number of aliphatic hydroxyl groups excluding tert-OH is 2. The fourth-order valence-corrected chi connectivity index (χ4v) is 5.27. The van der Waals surface area contributed by atoms with Gasteiger partial charge in [0, 0.05) is 24.7 Å². The summed E-state index contributed by atoms with van der Waals surface area (Å²) in [5, 5.41) is 20.6. The van der Waals surface area contributed by atoms with Crippen molar-refractivity contribution in [2.75, 3.05) is 37.9 Å². The zero-order valence-electron chi connectivity index (χ0n) is 26.5. The summed E-state index contributed by atoms with van der Waals surface area (Å²) in [4.78, 5) is 47.0. The normalized spacial score (nSPS) is 15.2. The fourth-order valence-electron chi connectivity index (χ4n) is 2.89. The Morgan fingerprint density at radius 1 is 0.622 bits per heavy atom. The zero-order valence-corrected chi connectivity index (χ0v) is 28.1. The highest BCUT2D eigenvalue weighted by molar-refractivity contribution is 7.87. The Labute approximate surface area is 262 Å². The summed E-state index contributed by atoms with van der Waals surface area (Å²) in [5.41, 5.74) is -3.03. The first-order valence-corrected chi connectivity index (χ1v) is 16.8. The third-order valence-electron chi connectivity index (χ3n) is 5.55. The van der Waals surface area contributed by atoms with E-state index in [9.17, 15) is 46.2 Å². The van der Waals surface area contributed by atoms with E-state index >= 15 is 0 Å². The SMILES string of the molecule is CCOC(=O)OC(C)OC(=O)C(O)C(C)(C)COS(=O)(=O)CCCS(=O)(=O)OCC(C)(C)C(O)C(=O)OC(C)OC(=O)OCC. The van der Waals surface area contributed by atoms with E-state index in [0.29, 0.717) is 0 Å². The van der Waals surface area contributed by atoms with Gasteiger partial charge in [0.15, 0.2) is 12.2 Å². The molecular weight excluding hydrogens is 652 g/mol. The lowest BCUT2D eigenvalue weighted by Crippen LogP contribution is -2.43. The molecule has 0 aliphatic heterocycles. The first kappa shape index (κ1) is 42.2. The lowest BCUT2D eigenvalue weighted by atomic mass is 9.87. The molecule has 18 nitrogen and oxygen atoms in total. The van der Waals surface area contributed by atoms with E-state index < -0.39 is 111 Å². The highest BCUT2D eigenvalue weighted by atomic mass is 32.2. The Bertz CT molecular complexity index is 1100. The number of hydrogen-bond acceptors (Lipinski definition) is 18. The molecule has 4 unspecified atom stereocenters. The summed E-state index contributed by atoms with van der Waals surface area (Å²) in [7, 11) is -8.70. The second-order valence-corrected chi connectivity index (χ2v) is 14.3. The number of carbonyl (C=O) groups excluding carboxylic acids is 4. The van der Waals surface area contributed by atoms with Crippen molar-refractivity contribution in [3.8, 4) is 0 Å². The Morgan fingerprint density at radius 3 is 1.22 bits per heavy atom. The first-order valence-electron chi connectivity index (χ1n) is 13.7. The summed E-state index contributed by atoms with van der Waals surface area (Å²) >= 11 is 0. The number of esters is 2. The molecule has 0 aromatic carbocycles. The van der Waals surface area contributed by atoms with Gasteiger partial charge in [-0.3, -0.25) is 8.37 Å². The number of rotatable bonds is 20. The van der Waals surface area contributed by atoms with Crippen LogP contribution in [0, 0.1) is 10.8 Å². The maximum Gasteiger partial charge on any atom is 0.511 e. The summed E-state index contributed by atoms with van der Waals surface area (Å²) < 4.78 is 87.0. The standard InChI is InChI=1S/C25H44O18S2/c1-9-36-22(30)42-16(3)40-20(28)18(26)24(5,6)14-38-44(32,33)12-11-13-45(34,35)39-15-25(7,8)19(27)21(29)41-17(4)43-23(31)37-10-2/h16-19,26-27H,9-15H2,1-8H3. The van der Waals surface area contributed by atoms with Crippen LogP contribution in [0.5, 0.6) is 0 Å². The maximum atomic E-state index is 12.3. The van der Waals surface area contributed by atoms with Crippen LogP contribution >= 0.6 is 0 Å². The van der Waals surface area contributed by atoms with Gasteiger partial charge in [0.05, 0.1) is 37.9 Å². The van der Waals surface area contributed by atoms with Gasteiger partial charge < -0.3 is 38.6 Å². The van der Waals surface area contributed by atoms with Gasteiger partial charge in [-0.15, -0.1) is 0 Å². The molecule has 0 rings (SSSR count). The molecule has 264 valence electrons. The third kappa shape index (κ3) is 16.9. The number of hydrogen-bond donors (Lipinski definition) is 2. The van der Waals surface area contributed by atoms with Crippen molar-refractivity contribution in [3.05, 3.63) is 0 Å². The molecule has 0 aliphatic carbocycles. The van der Waals surface area contributed by atoms with Crippen LogP contribution in [0.1, 0.15) is 61.8 Å². The van der Waals surface area contributed by atoms with Crippen LogP contribution < -0.4 is 0 Å². The molecule has 0 saturated carbocycles. The molecule has 0 bridgehead atoms. The van der Waals surface area contributed by atoms with E-state index in [0.717, 1.165) is 0 Å². The number of ether oxygens (including phenoxy) is 6. The summed E-state index contributed by atoms with van der Waals surface area (Å²) in [5.74, 6) is -4.04. The minimum absolute atomic E-state index is 0.0120. The molecule has 4 atom stereocenters. The molecule has 0 spiro atoms. The van der Waals surface area contributed by atoms with E-state index in [1.54, 1.807) is 0 Å². The van der Waals surface area contributed by atoms with Crippen LogP contribution in [-0.2, 0) is 66.6 Å². The second kappa shape index (κ2) is 18.4. The molecule has 0 amide bonds. The van der Waals surface area contributed by atoms with E-state index in [4.69, 9.17) is 17.8 Å². The molecule has 20 heteroatoms. The molecular formula is C25H44O18S2. The molecule has 0 heterocycles. The van der Waals surface area contributed by atoms with Gasteiger partial charge in [-0.25, -0.2) is 19.2 Å². The number of aliphatic hydroxyl groups is 2. The van der Waals surface area contributed by atoms with Gasteiger partial charge >= 0.3 is 24.2 Å². The van der Waals surface area contributed by atoms with Crippen LogP contribution in [0.25, 0.3) is 0 Å². The van der Waals surface area contributed by atoms with Crippen LogP contribution in [0.2, 0.25) is 0 Å². The van der Waals surface area contributed by atoms with E-state index in [-0.39, 0.29) is 13.2 Å². The molecule has 45 heavy (non-hydrogen) atoms. The second-order valence-electron chi connectivity index (χ2n) is 10.8. The largest absolute Gasteiger partial charge is 0.511 e. The molecule has 0 aliphatic rings. The third-order valence-corrected chi connectivity index (χ3v) is 8.08. The van der Waals surface area contributed by atoms with Gasteiger partial charge in [0.2, 0.25) is 12.6 Å². The van der Waals surface area contributed by atoms with Gasteiger partial charge in [0.25, 0.3) is 20.2 Å². The fraction of sp³-hybridized carbons (Fsp3) is 0.840.